The summed E-state index contributed by atoms with van der Waals surface area (Å²) in [6.07, 6.45) is 9.14. The fourth-order valence-corrected chi connectivity index (χ4v) is 3.04. The normalized spacial score (nSPS) is 39.0. The Hall–Kier alpha value is -0.0400. The molecule has 0 aromatic rings. The van der Waals surface area contributed by atoms with E-state index in [0.717, 1.165) is 24.2 Å². The standard InChI is InChI=1S/C14H26O/c1-10-3-4-12(9-11(10)2)5-8-14(15)13-6-7-13/h10-15H,3-9H2,1-2H3. The number of rotatable bonds is 4. The zero-order chi connectivity index (χ0) is 10.8. The van der Waals surface area contributed by atoms with Crippen LogP contribution in [0.15, 0.2) is 0 Å². The summed E-state index contributed by atoms with van der Waals surface area (Å²) >= 11 is 0. The van der Waals surface area contributed by atoms with E-state index in [-0.39, 0.29) is 6.10 Å². The molecule has 0 spiro atoms. The lowest BCUT2D eigenvalue weighted by Crippen LogP contribution is -2.22. The molecule has 2 saturated carbocycles. The summed E-state index contributed by atoms with van der Waals surface area (Å²) in [4.78, 5) is 0. The molecule has 0 aromatic heterocycles. The van der Waals surface area contributed by atoms with Crippen LogP contribution < -0.4 is 0 Å². The van der Waals surface area contributed by atoms with E-state index in [1.54, 1.807) is 0 Å². The Kier molecular flexibility index (Phi) is 3.71. The van der Waals surface area contributed by atoms with Crippen molar-refractivity contribution < 1.29 is 5.11 Å². The predicted octanol–water partition coefficient (Wildman–Crippen LogP) is 3.61. The second kappa shape index (κ2) is 4.86. The van der Waals surface area contributed by atoms with Gasteiger partial charge in [-0.15, -0.1) is 0 Å². The van der Waals surface area contributed by atoms with Crippen LogP contribution in [0.1, 0.15) is 58.8 Å². The average Bonchev–Trinajstić information content (AvgIpc) is 3.03. The third kappa shape index (κ3) is 3.21. The van der Waals surface area contributed by atoms with Crippen LogP contribution in [0.3, 0.4) is 0 Å². The average molecular weight is 210 g/mol. The molecule has 2 fully saturated rings. The van der Waals surface area contributed by atoms with Crippen LogP contribution in [0.4, 0.5) is 0 Å². The van der Waals surface area contributed by atoms with Crippen LogP contribution in [0.2, 0.25) is 0 Å². The monoisotopic (exact) mass is 210 g/mol. The van der Waals surface area contributed by atoms with E-state index in [2.05, 4.69) is 13.8 Å². The third-order valence-electron chi connectivity index (χ3n) is 4.74. The van der Waals surface area contributed by atoms with Crippen LogP contribution in [0, 0.1) is 23.7 Å². The highest BCUT2D eigenvalue weighted by Gasteiger charge is 2.31. The Balaban J connectivity index is 1.66. The molecule has 0 amide bonds. The van der Waals surface area contributed by atoms with Crippen LogP contribution in [0.5, 0.6) is 0 Å². The molecule has 0 bridgehead atoms. The van der Waals surface area contributed by atoms with Gasteiger partial charge in [-0.3, -0.25) is 0 Å². The van der Waals surface area contributed by atoms with Gasteiger partial charge >= 0.3 is 0 Å². The second-order valence-corrected chi connectivity index (χ2v) is 6.12. The highest BCUT2D eigenvalue weighted by atomic mass is 16.3. The Labute approximate surface area is 94.3 Å². The van der Waals surface area contributed by atoms with Crippen LogP contribution in [-0.2, 0) is 0 Å². The smallest absolute Gasteiger partial charge is 0.0568 e. The van der Waals surface area contributed by atoms with Crippen molar-refractivity contribution in [2.24, 2.45) is 23.7 Å². The molecule has 4 atom stereocenters. The summed E-state index contributed by atoms with van der Waals surface area (Å²) in [5, 5.41) is 9.84. The molecule has 0 saturated heterocycles. The Morgan fingerprint density at radius 1 is 1.07 bits per heavy atom. The highest BCUT2D eigenvalue weighted by molar-refractivity contribution is 4.82. The van der Waals surface area contributed by atoms with Gasteiger partial charge in [-0.2, -0.15) is 0 Å². The summed E-state index contributed by atoms with van der Waals surface area (Å²) in [5.74, 6) is 3.41. The Morgan fingerprint density at radius 2 is 1.80 bits per heavy atom. The number of hydrogen-bond acceptors (Lipinski definition) is 1. The molecule has 0 aliphatic heterocycles. The SMILES string of the molecule is CC1CCC(CCC(O)C2CC2)CC1C. The molecule has 1 N–H and O–H groups in total. The summed E-state index contributed by atoms with van der Waals surface area (Å²) in [7, 11) is 0. The Bertz CT molecular complexity index is 198. The number of aliphatic hydroxyl groups is 1. The highest BCUT2D eigenvalue weighted by Crippen LogP contribution is 2.38. The van der Waals surface area contributed by atoms with Crippen molar-refractivity contribution in [2.45, 2.75) is 64.9 Å². The van der Waals surface area contributed by atoms with E-state index in [0.29, 0.717) is 5.92 Å². The van der Waals surface area contributed by atoms with Gasteiger partial charge in [0.25, 0.3) is 0 Å². The molecule has 1 nitrogen and oxygen atoms in total. The largest absolute Gasteiger partial charge is 0.393 e. The van der Waals surface area contributed by atoms with E-state index in [9.17, 15) is 5.11 Å². The zero-order valence-corrected chi connectivity index (χ0v) is 10.3. The van der Waals surface area contributed by atoms with Crippen LogP contribution in [-0.4, -0.2) is 11.2 Å². The summed E-state index contributed by atoms with van der Waals surface area (Å²) < 4.78 is 0. The minimum absolute atomic E-state index is 0.0275. The molecule has 0 aromatic carbocycles. The van der Waals surface area contributed by atoms with Gasteiger partial charge in [-0.1, -0.05) is 26.7 Å². The molecule has 0 radical (unpaired) electrons. The summed E-state index contributed by atoms with van der Waals surface area (Å²) in [6, 6.07) is 0. The first-order valence-corrected chi connectivity index (χ1v) is 6.85. The molecule has 1 heteroatoms. The molecule has 2 aliphatic rings. The van der Waals surface area contributed by atoms with E-state index in [1.165, 1.54) is 38.5 Å². The van der Waals surface area contributed by atoms with Crippen molar-refractivity contribution in [3.05, 3.63) is 0 Å². The lowest BCUT2D eigenvalue weighted by molar-refractivity contribution is 0.118. The van der Waals surface area contributed by atoms with Gasteiger partial charge in [-0.25, -0.2) is 0 Å². The van der Waals surface area contributed by atoms with Gasteiger partial charge in [-0.05, 0) is 55.8 Å². The van der Waals surface area contributed by atoms with Crippen molar-refractivity contribution in [1.82, 2.24) is 0 Å². The van der Waals surface area contributed by atoms with Gasteiger partial charge in [0.2, 0.25) is 0 Å². The maximum Gasteiger partial charge on any atom is 0.0568 e. The first-order valence-electron chi connectivity index (χ1n) is 6.85. The van der Waals surface area contributed by atoms with Gasteiger partial charge < -0.3 is 5.11 Å². The second-order valence-electron chi connectivity index (χ2n) is 6.12. The number of aliphatic hydroxyl groups excluding tert-OH is 1. The maximum absolute atomic E-state index is 9.84. The fourth-order valence-electron chi connectivity index (χ4n) is 3.04. The molecule has 15 heavy (non-hydrogen) atoms. The molecular weight excluding hydrogens is 184 g/mol. The molecule has 2 rings (SSSR count). The Morgan fingerprint density at radius 3 is 2.40 bits per heavy atom. The lowest BCUT2D eigenvalue weighted by atomic mass is 9.74. The van der Waals surface area contributed by atoms with Gasteiger partial charge in [0.05, 0.1) is 6.10 Å². The third-order valence-corrected chi connectivity index (χ3v) is 4.74. The fraction of sp³-hybridized carbons (Fsp3) is 1.00. The van der Waals surface area contributed by atoms with E-state index < -0.39 is 0 Å². The molecule has 0 heterocycles. The summed E-state index contributed by atoms with van der Waals surface area (Å²) in [5.41, 5.74) is 0. The molecule has 88 valence electrons. The van der Waals surface area contributed by atoms with Crippen LogP contribution >= 0.6 is 0 Å². The van der Waals surface area contributed by atoms with Crippen LogP contribution in [0.25, 0.3) is 0 Å². The van der Waals surface area contributed by atoms with Crippen molar-refractivity contribution >= 4 is 0 Å². The van der Waals surface area contributed by atoms with Crippen molar-refractivity contribution in [3.63, 3.8) is 0 Å². The summed E-state index contributed by atoms with van der Waals surface area (Å²) in [6.45, 7) is 4.79. The topological polar surface area (TPSA) is 20.2 Å². The predicted molar refractivity (Wildman–Crippen MR) is 63.6 cm³/mol. The molecular formula is C14H26O. The van der Waals surface area contributed by atoms with Gasteiger partial charge in [0.15, 0.2) is 0 Å². The van der Waals surface area contributed by atoms with Crippen molar-refractivity contribution in [2.75, 3.05) is 0 Å². The minimum Gasteiger partial charge on any atom is -0.393 e. The van der Waals surface area contributed by atoms with Gasteiger partial charge in [0.1, 0.15) is 0 Å². The number of hydrogen-bond donors (Lipinski definition) is 1. The van der Waals surface area contributed by atoms with E-state index >= 15 is 0 Å². The zero-order valence-electron chi connectivity index (χ0n) is 10.3. The van der Waals surface area contributed by atoms with Crippen molar-refractivity contribution in [1.29, 1.82) is 0 Å². The van der Waals surface area contributed by atoms with Gasteiger partial charge in [0, 0.05) is 0 Å². The van der Waals surface area contributed by atoms with Crippen molar-refractivity contribution in [3.8, 4) is 0 Å². The maximum atomic E-state index is 9.84. The van der Waals surface area contributed by atoms with E-state index in [1.807, 2.05) is 0 Å². The van der Waals surface area contributed by atoms with E-state index in [4.69, 9.17) is 0 Å². The first kappa shape index (κ1) is 11.4. The minimum atomic E-state index is 0.0275. The molecule has 2 aliphatic carbocycles. The quantitative estimate of drug-likeness (QED) is 0.751. The lowest BCUT2D eigenvalue weighted by Gasteiger charge is -2.32. The first-order chi connectivity index (χ1) is 7.16. The molecule has 4 unspecified atom stereocenters.